The van der Waals surface area contributed by atoms with Crippen molar-refractivity contribution in [1.29, 1.82) is 21.0 Å². The molecule has 0 unspecified atom stereocenters. The number of benzene rings is 10. The van der Waals surface area contributed by atoms with Gasteiger partial charge >= 0.3 is 0 Å². The van der Waals surface area contributed by atoms with Crippen LogP contribution in [0.15, 0.2) is 245 Å². The van der Waals surface area contributed by atoms with Gasteiger partial charge in [0.15, 0.2) is 0 Å². The summed E-state index contributed by atoms with van der Waals surface area (Å²) >= 11 is 6.79. The van der Waals surface area contributed by atoms with E-state index in [-0.39, 0.29) is 0 Å². The maximum absolute atomic E-state index is 11.0. The minimum atomic E-state index is 0.380. The number of hydrogen-bond acceptors (Lipinski definition) is 12. The summed E-state index contributed by atoms with van der Waals surface area (Å²) < 4.78 is 0. The van der Waals surface area contributed by atoms with E-state index in [0.717, 1.165) is 95.8 Å². The zero-order valence-electron chi connectivity index (χ0n) is 39.8. The minimum Gasteiger partial charge on any atom is -0.307 e. The fourth-order valence-electron chi connectivity index (χ4n) is 10.6. The molecule has 14 rings (SSSR count). The van der Waals surface area contributed by atoms with Crippen molar-refractivity contribution in [1.82, 2.24) is 0 Å². The van der Waals surface area contributed by atoms with Gasteiger partial charge in [0.25, 0.3) is 0 Å². The second kappa shape index (κ2) is 18.3. The van der Waals surface area contributed by atoms with E-state index in [1.165, 1.54) is 0 Å². The molecule has 0 bridgehead atoms. The van der Waals surface area contributed by atoms with Crippen molar-refractivity contribution in [3.8, 4) is 35.4 Å². The Kier molecular flexibility index (Phi) is 10.9. The van der Waals surface area contributed by atoms with Crippen LogP contribution >= 0.6 is 47.0 Å². The molecule has 10 aromatic carbocycles. The molecule has 354 valence electrons. The quantitative estimate of drug-likeness (QED) is 0.164. The Labute approximate surface area is 455 Å². The maximum Gasteiger partial charge on any atom is 0.101 e. The van der Waals surface area contributed by atoms with E-state index in [2.05, 4.69) is 153 Å². The molecular weight excluding hydrogens is 1010 g/mol. The van der Waals surface area contributed by atoms with Gasteiger partial charge in [-0.25, -0.2) is 0 Å². The molecule has 4 aliphatic heterocycles. The molecule has 0 N–H and O–H groups in total. The van der Waals surface area contributed by atoms with Crippen molar-refractivity contribution in [2.75, 3.05) is 19.6 Å². The van der Waals surface area contributed by atoms with Crippen LogP contribution in [0.1, 0.15) is 22.3 Å². The van der Waals surface area contributed by atoms with E-state index in [1.807, 2.05) is 84.9 Å². The van der Waals surface area contributed by atoms with E-state index in [4.69, 9.17) is 0 Å². The molecular formula is C64H34N8S4. The molecule has 0 saturated carbocycles. The fraction of sp³-hybridized carbons (Fsp3) is 0. The second-order valence-corrected chi connectivity index (χ2v) is 22.4. The van der Waals surface area contributed by atoms with Crippen LogP contribution in [0.25, 0.3) is 11.1 Å². The summed E-state index contributed by atoms with van der Waals surface area (Å²) in [5.74, 6) is 0. The normalized spacial score (nSPS) is 13.2. The highest BCUT2D eigenvalue weighted by Crippen LogP contribution is 2.60. The zero-order valence-corrected chi connectivity index (χ0v) is 43.1. The summed E-state index contributed by atoms with van der Waals surface area (Å²) in [7, 11) is 0. The number of hydrogen-bond donors (Lipinski definition) is 0. The van der Waals surface area contributed by atoms with Crippen LogP contribution in [0.2, 0.25) is 0 Å². The minimum absolute atomic E-state index is 0.380. The van der Waals surface area contributed by atoms with Gasteiger partial charge in [-0.1, -0.05) is 138 Å². The molecule has 0 amide bonds. The van der Waals surface area contributed by atoms with Crippen LogP contribution < -0.4 is 19.6 Å². The van der Waals surface area contributed by atoms with Gasteiger partial charge in [0.05, 0.1) is 90.5 Å². The molecule has 0 fully saturated rings. The molecule has 4 aliphatic rings. The summed E-state index contributed by atoms with van der Waals surface area (Å²) in [6, 6.07) is 79.6. The first kappa shape index (κ1) is 45.4. The fourth-order valence-corrected chi connectivity index (χ4v) is 15.0. The predicted octanol–water partition coefficient (Wildman–Crippen LogP) is 18.6. The van der Waals surface area contributed by atoms with Crippen LogP contribution in [0.4, 0.5) is 68.2 Å². The summed E-state index contributed by atoms with van der Waals surface area (Å²) in [4.78, 5) is 17.0. The summed E-state index contributed by atoms with van der Waals surface area (Å²) in [5.41, 5.74) is 13.8. The van der Waals surface area contributed by atoms with E-state index in [1.54, 1.807) is 59.2 Å². The largest absolute Gasteiger partial charge is 0.307 e. The highest BCUT2D eigenvalue weighted by Gasteiger charge is 2.35. The summed E-state index contributed by atoms with van der Waals surface area (Å²) in [6.07, 6.45) is 0. The Morgan fingerprint density at radius 3 is 0.921 bits per heavy atom. The molecule has 0 aliphatic carbocycles. The third kappa shape index (κ3) is 7.16. The van der Waals surface area contributed by atoms with Crippen molar-refractivity contribution < 1.29 is 0 Å². The first-order chi connectivity index (χ1) is 37.5. The first-order valence-corrected chi connectivity index (χ1v) is 27.5. The third-order valence-electron chi connectivity index (χ3n) is 13.9. The van der Waals surface area contributed by atoms with Crippen LogP contribution in [0.5, 0.6) is 0 Å². The standard InChI is InChI=1S/C64H34N8S4/c65-35-40-30-42(37-67)55(33-53(40)69-45-15-1-7-22-57(45)73-58-23-8-2-16-46(58)69)71-49-19-5-11-26-61(49)75-63-32-39(28-29-51(63)71)44-14-13-21-52-64(44)76-62-27-12-6-20-50(62)72(52)56-34-54(41(36-66)31-43(56)38-68)70-47-17-3-9-24-59(47)74-60-25-10-4-18-48(60)70/h1-34H. The molecule has 10 aromatic rings. The number of nitrogens with zero attached hydrogens (tertiary/aromatic N) is 8. The van der Waals surface area contributed by atoms with Crippen LogP contribution in [-0.4, -0.2) is 0 Å². The van der Waals surface area contributed by atoms with Crippen molar-refractivity contribution in [3.63, 3.8) is 0 Å². The highest BCUT2D eigenvalue weighted by molar-refractivity contribution is 8.00. The van der Waals surface area contributed by atoms with Crippen LogP contribution in [0, 0.1) is 45.3 Å². The smallest absolute Gasteiger partial charge is 0.101 e. The zero-order chi connectivity index (χ0) is 51.0. The van der Waals surface area contributed by atoms with Gasteiger partial charge in [-0.05, 0) is 126 Å². The van der Waals surface area contributed by atoms with Gasteiger partial charge < -0.3 is 19.6 Å². The Morgan fingerprint density at radius 1 is 0.250 bits per heavy atom. The summed E-state index contributed by atoms with van der Waals surface area (Å²) in [5, 5.41) is 43.5. The molecule has 0 radical (unpaired) electrons. The third-order valence-corrected chi connectivity index (χ3v) is 18.5. The molecule has 0 aromatic heterocycles. The van der Waals surface area contributed by atoms with Gasteiger partial charge in [0.1, 0.15) is 24.3 Å². The SMILES string of the molecule is N#Cc1cc(C#N)c(N2c3ccccc3Sc3cc(-c4cccc5c4Sc4ccccc4N5c4cc(N5c6ccccc6Sc6ccccc65)c(C#N)cc4C#N)ccc32)cc1N1c2ccccc2Sc2ccccc21. The van der Waals surface area contributed by atoms with E-state index >= 15 is 0 Å². The molecule has 8 nitrogen and oxygen atoms in total. The number of anilines is 12. The number of fused-ring (bicyclic) bond motifs is 8. The highest BCUT2D eigenvalue weighted by atomic mass is 32.2. The second-order valence-electron chi connectivity index (χ2n) is 18.1. The van der Waals surface area contributed by atoms with E-state index in [9.17, 15) is 21.0 Å². The van der Waals surface area contributed by atoms with Crippen molar-refractivity contribution in [3.05, 3.63) is 229 Å². The van der Waals surface area contributed by atoms with Gasteiger partial charge in [-0.15, -0.1) is 0 Å². The van der Waals surface area contributed by atoms with Gasteiger partial charge in [-0.2, -0.15) is 21.0 Å². The maximum atomic E-state index is 11.0. The van der Waals surface area contributed by atoms with Gasteiger partial charge in [0.2, 0.25) is 0 Å². The molecule has 0 spiro atoms. The lowest BCUT2D eigenvalue weighted by molar-refractivity contribution is 1.13. The number of nitriles is 4. The number of rotatable bonds is 5. The number of para-hydroxylation sites is 6. The topological polar surface area (TPSA) is 108 Å². The molecule has 12 heteroatoms. The molecule has 76 heavy (non-hydrogen) atoms. The summed E-state index contributed by atoms with van der Waals surface area (Å²) in [6.45, 7) is 0. The van der Waals surface area contributed by atoms with E-state index in [0.29, 0.717) is 45.0 Å². The monoisotopic (exact) mass is 1040 g/mol. The Balaban J connectivity index is 0.921. The lowest BCUT2D eigenvalue weighted by atomic mass is 10.00. The van der Waals surface area contributed by atoms with Gasteiger partial charge in [0, 0.05) is 39.2 Å². The van der Waals surface area contributed by atoms with E-state index < -0.39 is 0 Å². The van der Waals surface area contributed by atoms with Crippen LogP contribution in [0.3, 0.4) is 0 Å². The average molecular weight is 1040 g/mol. The van der Waals surface area contributed by atoms with Crippen molar-refractivity contribution in [2.24, 2.45) is 0 Å². The van der Waals surface area contributed by atoms with Crippen molar-refractivity contribution >= 4 is 115 Å². The molecule has 0 saturated heterocycles. The molecule has 4 heterocycles. The van der Waals surface area contributed by atoms with Crippen molar-refractivity contribution in [2.45, 2.75) is 39.2 Å². The lowest BCUT2D eigenvalue weighted by Gasteiger charge is -2.37. The Morgan fingerprint density at radius 2 is 0.553 bits per heavy atom. The lowest BCUT2D eigenvalue weighted by Crippen LogP contribution is -2.20. The van der Waals surface area contributed by atoms with Gasteiger partial charge in [-0.3, -0.25) is 0 Å². The average Bonchev–Trinajstić information content (AvgIpc) is 3.56. The Bertz CT molecular complexity index is 4220. The Hall–Kier alpha value is -9.24. The van der Waals surface area contributed by atoms with Crippen LogP contribution in [-0.2, 0) is 0 Å². The first-order valence-electron chi connectivity index (χ1n) is 24.2. The molecule has 0 atom stereocenters. The predicted molar refractivity (Wildman–Crippen MR) is 306 cm³/mol.